The predicted molar refractivity (Wildman–Crippen MR) is 193 cm³/mol. The number of rotatable bonds is 5. The van der Waals surface area contributed by atoms with Crippen LogP contribution in [0.25, 0.3) is 60.9 Å². The maximum absolute atomic E-state index is 2.51. The molecule has 8 rings (SSSR count). The normalized spacial score (nSPS) is 14.1. The SMILES string of the molecule is CCC(C)c1ccc(-c2ccccc2)cc1-c1cc2c(cc1C)C(C)(C)c1cc3c(cc1-2)c1ccccc1n3-c1ccccc1. The Morgan fingerprint density at radius 1 is 0.578 bits per heavy atom. The Kier molecular flexibility index (Phi) is 6.36. The molecule has 1 aliphatic carbocycles. The Hall–Kier alpha value is -4.88. The minimum absolute atomic E-state index is 0.106. The topological polar surface area (TPSA) is 4.93 Å². The van der Waals surface area contributed by atoms with Gasteiger partial charge in [0.05, 0.1) is 11.0 Å². The van der Waals surface area contributed by atoms with Crippen LogP contribution in [-0.4, -0.2) is 4.57 Å². The first-order valence-electron chi connectivity index (χ1n) is 16.3. The average molecular weight is 582 g/mol. The number of nitrogens with zero attached hydrogens (tertiary/aromatic N) is 1. The average Bonchev–Trinajstić information content (AvgIpc) is 3.51. The lowest BCUT2D eigenvalue weighted by atomic mass is 9.80. The first-order chi connectivity index (χ1) is 21.9. The number of aromatic nitrogens is 1. The van der Waals surface area contributed by atoms with Crippen molar-refractivity contribution >= 4 is 21.8 Å². The van der Waals surface area contributed by atoms with Gasteiger partial charge in [-0.05, 0) is 117 Å². The molecule has 0 N–H and O–H groups in total. The molecule has 0 aliphatic heterocycles. The largest absolute Gasteiger partial charge is 0.309 e. The molecule has 45 heavy (non-hydrogen) atoms. The summed E-state index contributed by atoms with van der Waals surface area (Å²) in [5.41, 5.74) is 17.2. The Bertz CT molecular complexity index is 2230. The van der Waals surface area contributed by atoms with E-state index >= 15 is 0 Å². The Balaban J connectivity index is 1.39. The van der Waals surface area contributed by atoms with Gasteiger partial charge < -0.3 is 4.57 Å². The van der Waals surface area contributed by atoms with E-state index in [1.807, 2.05) is 0 Å². The Morgan fingerprint density at radius 3 is 2.00 bits per heavy atom. The van der Waals surface area contributed by atoms with E-state index in [9.17, 15) is 0 Å². The third-order valence-corrected chi connectivity index (χ3v) is 10.4. The predicted octanol–water partition coefficient (Wildman–Crippen LogP) is 12.2. The molecule has 0 fully saturated rings. The van der Waals surface area contributed by atoms with Crippen LogP contribution in [0.5, 0.6) is 0 Å². The number of fused-ring (bicyclic) bond motifs is 6. The second kappa shape index (κ2) is 10.3. The Labute approximate surface area is 266 Å². The summed E-state index contributed by atoms with van der Waals surface area (Å²) in [6.07, 6.45) is 1.11. The molecule has 220 valence electrons. The van der Waals surface area contributed by atoms with E-state index in [2.05, 4.69) is 167 Å². The van der Waals surface area contributed by atoms with Gasteiger partial charge in [-0.3, -0.25) is 0 Å². The van der Waals surface area contributed by atoms with E-state index in [1.165, 1.54) is 83.1 Å². The van der Waals surface area contributed by atoms with Crippen LogP contribution in [0.4, 0.5) is 0 Å². The van der Waals surface area contributed by atoms with E-state index in [0.717, 1.165) is 6.42 Å². The molecule has 6 aromatic carbocycles. The van der Waals surface area contributed by atoms with Crippen molar-refractivity contribution < 1.29 is 0 Å². The standard InChI is InChI=1S/C44H39N/c1-6-28(2)33-22-21-31(30-15-9-7-10-16-30)24-36(33)35-25-37-38-26-39-34-19-13-14-20-42(34)45(32-17-11-8-12-18-32)43(39)27-41(38)44(4,5)40(37)23-29(35)3/h7-28H,6H2,1-5H3. The van der Waals surface area contributed by atoms with Gasteiger partial charge in [-0.25, -0.2) is 0 Å². The van der Waals surface area contributed by atoms with Gasteiger partial charge >= 0.3 is 0 Å². The van der Waals surface area contributed by atoms with Gasteiger partial charge in [0.15, 0.2) is 0 Å². The van der Waals surface area contributed by atoms with E-state index in [-0.39, 0.29) is 5.41 Å². The fourth-order valence-electron chi connectivity index (χ4n) is 7.74. The molecule has 1 unspecified atom stereocenters. The van der Waals surface area contributed by atoms with E-state index in [4.69, 9.17) is 0 Å². The van der Waals surface area contributed by atoms with Crippen molar-refractivity contribution in [3.05, 3.63) is 150 Å². The van der Waals surface area contributed by atoms with Crippen molar-refractivity contribution in [2.24, 2.45) is 0 Å². The zero-order valence-corrected chi connectivity index (χ0v) is 26.9. The summed E-state index contributed by atoms with van der Waals surface area (Å²) in [5, 5.41) is 2.61. The Morgan fingerprint density at radius 2 is 1.24 bits per heavy atom. The third kappa shape index (κ3) is 4.21. The van der Waals surface area contributed by atoms with Crippen LogP contribution >= 0.6 is 0 Å². The summed E-state index contributed by atoms with van der Waals surface area (Å²) in [7, 11) is 0. The maximum Gasteiger partial charge on any atom is 0.0544 e. The highest BCUT2D eigenvalue weighted by Gasteiger charge is 2.37. The van der Waals surface area contributed by atoms with Gasteiger partial charge in [-0.15, -0.1) is 0 Å². The first-order valence-corrected chi connectivity index (χ1v) is 16.3. The highest BCUT2D eigenvalue weighted by molar-refractivity contribution is 6.11. The molecule has 1 aliphatic rings. The number of benzene rings is 6. The lowest BCUT2D eigenvalue weighted by Crippen LogP contribution is -2.15. The zero-order valence-electron chi connectivity index (χ0n) is 26.9. The van der Waals surface area contributed by atoms with Crippen molar-refractivity contribution in [3.8, 4) is 39.1 Å². The lowest BCUT2D eigenvalue weighted by molar-refractivity contribution is 0.660. The number of para-hydroxylation sites is 2. The van der Waals surface area contributed by atoms with Crippen molar-refractivity contribution in [3.63, 3.8) is 0 Å². The lowest BCUT2D eigenvalue weighted by Gasteiger charge is -2.24. The minimum atomic E-state index is -0.106. The molecule has 0 saturated heterocycles. The quantitative estimate of drug-likeness (QED) is 0.190. The minimum Gasteiger partial charge on any atom is -0.309 e. The van der Waals surface area contributed by atoms with Crippen LogP contribution in [0.3, 0.4) is 0 Å². The molecule has 7 aromatic rings. The van der Waals surface area contributed by atoms with Crippen LogP contribution in [0.1, 0.15) is 62.3 Å². The van der Waals surface area contributed by atoms with Gasteiger partial charge in [0.25, 0.3) is 0 Å². The molecule has 1 atom stereocenters. The second-order valence-corrected chi connectivity index (χ2v) is 13.4. The smallest absolute Gasteiger partial charge is 0.0544 e. The third-order valence-electron chi connectivity index (χ3n) is 10.4. The molecule has 0 spiro atoms. The molecule has 1 nitrogen and oxygen atoms in total. The van der Waals surface area contributed by atoms with Crippen molar-refractivity contribution in [2.75, 3.05) is 0 Å². The molecule has 1 heteroatoms. The zero-order chi connectivity index (χ0) is 30.9. The van der Waals surface area contributed by atoms with Gasteiger partial charge in [0.1, 0.15) is 0 Å². The molecule has 0 bridgehead atoms. The summed E-state index contributed by atoms with van der Waals surface area (Å²) in [6.45, 7) is 11.8. The number of hydrogen-bond donors (Lipinski definition) is 0. The highest BCUT2D eigenvalue weighted by atomic mass is 15.0. The summed E-state index contributed by atoms with van der Waals surface area (Å²) in [5.74, 6) is 0.477. The monoisotopic (exact) mass is 581 g/mol. The number of hydrogen-bond acceptors (Lipinski definition) is 0. The fraction of sp³-hybridized carbons (Fsp3) is 0.182. The van der Waals surface area contributed by atoms with Crippen molar-refractivity contribution in [1.29, 1.82) is 0 Å². The molecular weight excluding hydrogens is 542 g/mol. The molecular formula is C44H39N. The van der Waals surface area contributed by atoms with Crippen LogP contribution in [0.15, 0.2) is 127 Å². The van der Waals surface area contributed by atoms with E-state index in [1.54, 1.807) is 0 Å². The van der Waals surface area contributed by atoms with Gasteiger partial charge in [-0.2, -0.15) is 0 Å². The summed E-state index contributed by atoms with van der Waals surface area (Å²) in [6, 6.07) is 47.5. The van der Waals surface area contributed by atoms with Crippen LogP contribution in [0, 0.1) is 6.92 Å². The summed E-state index contributed by atoms with van der Waals surface area (Å²) < 4.78 is 2.44. The maximum atomic E-state index is 2.51. The second-order valence-electron chi connectivity index (χ2n) is 13.4. The molecule has 0 radical (unpaired) electrons. The van der Waals surface area contributed by atoms with E-state index < -0.39 is 0 Å². The van der Waals surface area contributed by atoms with Crippen LogP contribution in [0.2, 0.25) is 0 Å². The van der Waals surface area contributed by atoms with Crippen LogP contribution in [-0.2, 0) is 5.41 Å². The molecule has 0 amide bonds. The van der Waals surface area contributed by atoms with Gasteiger partial charge in [0, 0.05) is 21.9 Å². The van der Waals surface area contributed by atoms with Gasteiger partial charge in [0.2, 0.25) is 0 Å². The van der Waals surface area contributed by atoms with Crippen LogP contribution < -0.4 is 0 Å². The summed E-state index contributed by atoms with van der Waals surface area (Å²) >= 11 is 0. The number of aryl methyl sites for hydroxylation is 1. The molecule has 1 heterocycles. The molecule has 1 aromatic heterocycles. The van der Waals surface area contributed by atoms with Crippen molar-refractivity contribution in [1.82, 2.24) is 4.57 Å². The summed E-state index contributed by atoms with van der Waals surface area (Å²) in [4.78, 5) is 0. The first kappa shape index (κ1) is 27.7. The van der Waals surface area contributed by atoms with Crippen molar-refractivity contribution in [2.45, 2.75) is 52.4 Å². The highest BCUT2D eigenvalue weighted by Crippen LogP contribution is 2.53. The molecule has 0 saturated carbocycles. The fourth-order valence-corrected chi connectivity index (χ4v) is 7.74. The van der Waals surface area contributed by atoms with E-state index in [0.29, 0.717) is 5.92 Å². The van der Waals surface area contributed by atoms with Gasteiger partial charge in [-0.1, -0.05) is 113 Å².